The van der Waals surface area contributed by atoms with Gasteiger partial charge >= 0.3 is 0 Å². The van der Waals surface area contributed by atoms with E-state index in [0.717, 1.165) is 12.8 Å². The van der Waals surface area contributed by atoms with Crippen LogP contribution in [-0.4, -0.2) is 54.6 Å². The minimum atomic E-state index is -0.434. The summed E-state index contributed by atoms with van der Waals surface area (Å²) in [5, 5.41) is 12.0. The number of nitrogens with zero attached hydrogens (tertiary/aromatic N) is 2. The molecular weight excluding hydrogens is 442 g/mol. The van der Waals surface area contributed by atoms with Gasteiger partial charge in [0.05, 0.1) is 6.10 Å². The van der Waals surface area contributed by atoms with E-state index >= 15 is 0 Å². The highest BCUT2D eigenvalue weighted by atomic mass is 16.5. The maximum absolute atomic E-state index is 12.9. The van der Waals surface area contributed by atoms with Gasteiger partial charge in [-0.3, -0.25) is 24.1 Å². The van der Waals surface area contributed by atoms with Crippen molar-refractivity contribution in [2.75, 3.05) is 35.2 Å². The lowest BCUT2D eigenvalue weighted by Crippen LogP contribution is -2.43. The Balaban J connectivity index is 1.53. The topological polar surface area (TPSA) is 143 Å². The number of rotatable bonds is 10. The summed E-state index contributed by atoms with van der Waals surface area (Å²) in [4.78, 5) is 49.9. The molecule has 0 spiro atoms. The number of carbonyl (C=O) groups excluding carboxylic acids is 4. The van der Waals surface area contributed by atoms with Crippen molar-refractivity contribution in [1.82, 2.24) is 10.5 Å². The number of aryl methyl sites for hydroxylation is 1. The summed E-state index contributed by atoms with van der Waals surface area (Å²) in [7, 11) is 0. The van der Waals surface area contributed by atoms with Crippen LogP contribution in [0.4, 0.5) is 17.2 Å². The van der Waals surface area contributed by atoms with Crippen LogP contribution in [-0.2, 0) is 23.9 Å². The van der Waals surface area contributed by atoms with Crippen LogP contribution in [0, 0.1) is 6.92 Å². The minimum absolute atomic E-state index is 0.0154. The van der Waals surface area contributed by atoms with Crippen LogP contribution >= 0.6 is 0 Å². The second-order valence-electron chi connectivity index (χ2n) is 8.02. The Morgan fingerprint density at radius 2 is 1.76 bits per heavy atom. The van der Waals surface area contributed by atoms with Crippen LogP contribution in [0.2, 0.25) is 0 Å². The molecule has 1 unspecified atom stereocenters. The van der Waals surface area contributed by atoms with E-state index in [-0.39, 0.29) is 49.0 Å². The summed E-state index contributed by atoms with van der Waals surface area (Å²) >= 11 is 0. The lowest BCUT2D eigenvalue weighted by Gasteiger charge is -2.20. The predicted molar refractivity (Wildman–Crippen MR) is 124 cm³/mol. The van der Waals surface area contributed by atoms with Gasteiger partial charge in [-0.15, -0.1) is 0 Å². The van der Waals surface area contributed by atoms with E-state index in [9.17, 15) is 19.2 Å². The van der Waals surface area contributed by atoms with Crippen molar-refractivity contribution in [2.24, 2.45) is 0 Å². The number of anilines is 3. The van der Waals surface area contributed by atoms with Crippen LogP contribution in [0.25, 0.3) is 0 Å². The predicted octanol–water partition coefficient (Wildman–Crippen LogP) is 1.99. The van der Waals surface area contributed by atoms with Gasteiger partial charge in [-0.1, -0.05) is 5.16 Å². The molecule has 1 aliphatic rings. The van der Waals surface area contributed by atoms with Crippen molar-refractivity contribution in [2.45, 2.75) is 45.6 Å². The van der Waals surface area contributed by atoms with Gasteiger partial charge in [0.15, 0.2) is 5.82 Å². The van der Waals surface area contributed by atoms with Gasteiger partial charge in [0.2, 0.25) is 23.6 Å². The van der Waals surface area contributed by atoms with E-state index in [2.05, 4.69) is 21.1 Å². The molecule has 1 atom stereocenters. The number of carbonyl (C=O) groups is 4. The summed E-state index contributed by atoms with van der Waals surface area (Å²) in [5.74, 6) is -0.635. The Bertz CT molecular complexity index is 1010. The van der Waals surface area contributed by atoms with Gasteiger partial charge in [-0.25, -0.2) is 0 Å². The highest BCUT2D eigenvalue weighted by molar-refractivity contribution is 6.00. The molecular formula is C23H29N5O6. The van der Waals surface area contributed by atoms with Gasteiger partial charge in [0.1, 0.15) is 12.3 Å². The lowest BCUT2D eigenvalue weighted by atomic mass is 10.2. The summed E-state index contributed by atoms with van der Waals surface area (Å²) < 4.78 is 10.6. The molecule has 1 aromatic heterocycles. The Morgan fingerprint density at radius 1 is 1.06 bits per heavy atom. The standard InChI is InChI=1S/C23H29N5O6/c1-15-12-20(27-34-15)28(14-22(31)24-13-19-4-3-11-33-19)23(32)10-9-21(30)26-18-7-5-17(6-8-18)25-16(2)29/h5-8,12,19H,3-4,9-11,13-14H2,1-2H3,(H,24,31)(H,25,29)(H,26,30). The average molecular weight is 472 g/mol. The van der Waals surface area contributed by atoms with Crippen LogP contribution in [0.5, 0.6) is 0 Å². The minimum Gasteiger partial charge on any atom is -0.376 e. The first-order valence-corrected chi connectivity index (χ1v) is 11.1. The molecule has 1 fully saturated rings. The molecule has 2 heterocycles. The maximum Gasteiger partial charge on any atom is 0.240 e. The molecule has 3 rings (SSSR count). The zero-order valence-corrected chi connectivity index (χ0v) is 19.3. The maximum atomic E-state index is 12.9. The van der Waals surface area contributed by atoms with E-state index < -0.39 is 5.91 Å². The molecule has 182 valence electrons. The van der Waals surface area contributed by atoms with E-state index in [1.165, 1.54) is 11.8 Å². The Kier molecular flexibility index (Phi) is 8.74. The smallest absolute Gasteiger partial charge is 0.240 e. The summed E-state index contributed by atoms with van der Waals surface area (Å²) in [5.41, 5.74) is 1.14. The zero-order chi connectivity index (χ0) is 24.5. The Labute approximate surface area is 197 Å². The second kappa shape index (κ2) is 11.9. The first-order chi connectivity index (χ1) is 16.3. The molecule has 1 saturated heterocycles. The quantitative estimate of drug-likeness (QED) is 0.481. The van der Waals surface area contributed by atoms with Crippen LogP contribution < -0.4 is 20.9 Å². The van der Waals surface area contributed by atoms with E-state index in [4.69, 9.17) is 9.26 Å². The summed E-state index contributed by atoms with van der Waals surface area (Å²) in [6.45, 7) is 3.90. The van der Waals surface area contributed by atoms with Crippen molar-refractivity contribution in [1.29, 1.82) is 0 Å². The average Bonchev–Trinajstić information content (AvgIpc) is 3.47. The van der Waals surface area contributed by atoms with Gasteiger partial charge < -0.3 is 25.2 Å². The van der Waals surface area contributed by atoms with Gasteiger partial charge in [-0.05, 0) is 44.0 Å². The molecule has 1 aromatic carbocycles. The molecule has 34 heavy (non-hydrogen) atoms. The zero-order valence-electron chi connectivity index (χ0n) is 19.3. The summed E-state index contributed by atoms with van der Waals surface area (Å²) in [6, 6.07) is 8.17. The van der Waals surface area contributed by atoms with E-state index in [1.807, 2.05) is 0 Å². The largest absolute Gasteiger partial charge is 0.376 e. The molecule has 0 aliphatic carbocycles. The Hall–Kier alpha value is -3.73. The molecule has 0 radical (unpaired) electrons. The number of hydrogen-bond acceptors (Lipinski definition) is 7. The number of nitrogens with one attached hydrogen (secondary N) is 3. The van der Waals surface area contributed by atoms with Crippen molar-refractivity contribution in [3.05, 3.63) is 36.1 Å². The first kappa shape index (κ1) is 24.9. The molecule has 2 aromatic rings. The number of amides is 4. The second-order valence-corrected chi connectivity index (χ2v) is 8.02. The van der Waals surface area contributed by atoms with Gasteiger partial charge in [-0.2, -0.15) is 0 Å². The molecule has 3 N–H and O–H groups in total. The lowest BCUT2D eigenvalue weighted by molar-refractivity contribution is -0.125. The van der Waals surface area contributed by atoms with Crippen molar-refractivity contribution < 1.29 is 28.4 Å². The van der Waals surface area contributed by atoms with Gasteiger partial charge in [0.25, 0.3) is 0 Å². The number of aromatic nitrogens is 1. The van der Waals surface area contributed by atoms with E-state index in [1.54, 1.807) is 37.3 Å². The molecule has 11 nitrogen and oxygen atoms in total. The number of benzene rings is 1. The third-order valence-corrected chi connectivity index (χ3v) is 5.10. The highest BCUT2D eigenvalue weighted by Gasteiger charge is 2.24. The fraction of sp³-hybridized carbons (Fsp3) is 0.435. The fourth-order valence-electron chi connectivity index (χ4n) is 3.43. The van der Waals surface area contributed by atoms with Crippen molar-refractivity contribution in [3.63, 3.8) is 0 Å². The molecule has 1 aliphatic heterocycles. The third-order valence-electron chi connectivity index (χ3n) is 5.10. The van der Waals surface area contributed by atoms with Crippen molar-refractivity contribution in [3.8, 4) is 0 Å². The molecule has 0 bridgehead atoms. The normalized spacial score (nSPS) is 14.9. The Morgan fingerprint density at radius 3 is 2.35 bits per heavy atom. The monoisotopic (exact) mass is 471 g/mol. The van der Waals surface area contributed by atoms with Gasteiger partial charge in [0, 0.05) is 50.4 Å². The van der Waals surface area contributed by atoms with Crippen LogP contribution in [0.3, 0.4) is 0 Å². The van der Waals surface area contributed by atoms with Crippen LogP contribution in [0.1, 0.15) is 38.4 Å². The SMILES string of the molecule is CC(=O)Nc1ccc(NC(=O)CCC(=O)N(CC(=O)NCC2CCCO2)c2cc(C)on2)cc1. The molecule has 0 saturated carbocycles. The van der Waals surface area contributed by atoms with E-state index in [0.29, 0.717) is 30.3 Å². The molecule has 11 heteroatoms. The molecule has 4 amide bonds. The summed E-state index contributed by atoms with van der Waals surface area (Å²) in [6.07, 6.45) is 1.62. The highest BCUT2D eigenvalue weighted by Crippen LogP contribution is 2.17. The first-order valence-electron chi connectivity index (χ1n) is 11.1. The van der Waals surface area contributed by atoms with Crippen molar-refractivity contribution >= 4 is 40.8 Å². The number of hydrogen-bond donors (Lipinski definition) is 3. The number of ether oxygens (including phenoxy) is 1. The third kappa shape index (κ3) is 7.69. The fourth-order valence-corrected chi connectivity index (χ4v) is 3.43. The van der Waals surface area contributed by atoms with Crippen LogP contribution in [0.15, 0.2) is 34.9 Å².